The fourth-order valence-corrected chi connectivity index (χ4v) is 6.64. The van der Waals surface area contributed by atoms with Gasteiger partial charge in [-0.25, -0.2) is 10.2 Å². The molecule has 30 heavy (non-hydrogen) atoms. The molecule has 1 aliphatic heterocycles. The van der Waals surface area contributed by atoms with Gasteiger partial charge in [0.2, 0.25) is 11.6 Å². The number of hydrogen-bond acceptors (Lipinski definition) is 5. The molecular weight excluding hydrogens is 382 g/mol. The van der Waals surface area contributed by atoms with Crippen molar-refractivity contribution in [2.75, 3.05) is 5.32 Å². The van der Waals surface area contributed by atoms with Crippen LogP contribution in [0, 0.1) is 23.7 Å². The van der Waals surface area contributed by atoms with Crippen LogP contribution in [0.3, 0.4) is 0 Å². The van der Waals surface area contributed by atoms with Gasteiger partial charge in [0.25, 0.3) is 0 Å². The Kier molecular flexibility index (Phi) is 4.41. The first kappa shape index (κ1) is 18.8. The van der Waals surface area contributed by atoms with E-state index in [0.717, 1.165) is 36.1 Å². The van der Waals surface area contributed by atoms with E-state index in [0.29, 0.717) is 24.7 Å². The molecule has 7 heteroatoms. The Morgan fingerprint density at radius 3 is 2.27 bits per heavy atom. The molecule has 6 aliphatic rings. The number of anilines is 1. The van der Waals surface area contributed by atoms with E-state index in [2.05, 4.69) is 15.8 Å². The maximum atomic E-state index is 12.1. The number of hydrogen-bond donors (Lipinski definition) is 2. The second kappa shape index (κ2) is 7.04. The van der Waals surface area contributed by atoms with Crippen molar-refractivity contribution >= 4 is 17.4 Å². The standard InChI is InChI=1S/C23H29N3O4/c27-21(24-19-4-2-1-3-5-19)26-25-20-6-8-22(9-7-20)28-23(30-29-22)17-11-15-10-16(13-17)14-18(23)12-15/h1-5,15-18H,6-14H2,(H2,24,26,27). The molecule has 0 atom stereocenters. The van der Waals surface area contributed by atoms with E-state index in [1.807, 2.05) is 30.3 Å². The van der Waals surface area contributed by atoms with Crippen molar-refractivity contribution < 1.29 is 19.3 Å². The number of carbonyl (C=O) groups is 1. The molecule has 2 N–H and O–H groups in total. The third kappa shape index (κ3) is 3.15. The molecule has 160 valence electrons. The summed E-state index contributed by atoms with van der Waals surface area (Å²) in [5, 5.41) is 7.09. The molecule has 4 bridgehead atoms. The molecule has 2 spiro atoms. The Morgan fingerprint density at radius 1 is 0.933 bits per heavy atom. The normalized spacial score (nSPS) is 41.4. The van der Waals surface area contributed by atoms with E-state index in [1.54, 1.807) is 0 Å². The van der Waals surface area contributed by atoms with E-state index in [4.69, 9.17) is 14.5 Å². The van der Waals surface area contributed by atoms with Gasteiger partial charge in [-0.15, -0.1) is 0 Å². The van der Waals surface area contributed by atoms with E-state index in [-0.39, 0.29) is 6.03 Å². The van der Waals surface area contributed by atoms with Crippen LogP contribution in [0.1, 0.15) is 57.8 Å². The van der Waals surface area contributed by atoms with Crippen LogP contribution in [0.5, 0.6) is 0 Å². The van der Waals surface area contributed by atoms with Gasteiger partial charge in [-0.1, -0.05) is 18.2 Å². The maximum absolute atomic E-state index is 12.1. The maximum Gasteiger partial charge on any atom is 0.339 e. The zero-order valence-corrected chi connectivity index (χ0v) is 17.1. The third-order valence-electron chi connectivity index (χ3n) is 7.88. The average molecular weight is 412 g/mol. The summed E-state index contributed by atoms with van der Waals surface area (Å²) in [5.74, 6) is 1.51. The minimum Gasteiger partial charge on any atom is -0.312 e. The molecule has 1 saturated heterocycles. The Hall–Kier alpha value is -1.96. The molecule has 0 aromatic heterocycles. The predicted octanol–water partition coefficient (Wildman–Crippen LogP) is 4.57. The SMILES string of the molecule is O=C(NN=C1CCC2(CC1)OOC1(O2)C2CC3CC(C2)CC1C3)Nc1ccccc1. The topological polar surface area (TPSA) is 81.2 Å². The van der Waals surface area contributed by atoms with Crippen LogP contribution >= 0.6 is 0 Å². The van der Waals surface area contributed by atoms with Crippen LogP contribution in [0.4, 0.5) is 10.5 Å². The molecule has 2 amide bonds. The van der Waals surface area contributed by atoms with Gasteiger partial charge in [0, 0.05) is 36.1 Å². The number of urea groups is 1. The lowest BCUT2D eigenvalue weighted by atomic mass is 9.53. The van der Waals surface area contributed by atoms with Crippen LogP contribution in [0.25, 0.3) is 0 Å². The number of benzene rings is 1. The van der Waals surface area contributed by atoms with Crippen LogP contribution in [0.15, 0.2) is 35.4 Å². The van der Waals surface area contributed by atoms with Crippen molar-refractivity contribution in [1.29, 1.82) is 0 Å². The first-order valence-corrected chi connectivity index (χ1v) is 11.4. The lowest BCUT2D eigenvalue weighted by Gasteiger charge is -2.57. The average Bonchev–Trinajstić information content (AvgIpc) is 3.12. The molecule has 6 fully saturated rings. The predicted molar refractivity (Wildman–Crippen MR) is 110 cm³/mol. The number of carbonyl (C=O) groups excluding carboxylic acids is 1. The monoisotopic (exact) mass is 411 g/mol. The Labute approximate surface area is 176 Å². The van der Waals surface area contributed by atoms with Crippen molar-refractivity contribution in [2.45, 2.75) is 69.4 Å². The molecule has 1 aromatic rings. The smallest absolute Gasteiger partial charge is 0.312 e. The van der Waals surface area contributed by atoms with Gasteiger partial charge in [0.15, 0.2) is 0 Å². The number of nitrogens with zero attached hydrogens (tertiary/aromatic N) is 1. The molecule has 5 aliphatic carbocycles. The quantitative estimate of drug-likeness (QED) is 0.552. The second-order valence-electron chi connectivity index (χ2n) is 9.82. The number of amides is 2. The zero-order chi connectivity index (χ0) is 20.2. The lowest BCUT2D eigenvalue weighted by Crippen LogP contribution is -2.59. The van der Waals surface area contributed by atoms with Crippen LogP contribution in [0.2, 0.25) is 0 Å². The summed E-state index contributed by atoms with van der Waals surface area (Å²) in [5.41, 5.74) is 4.30. The number of para-hydroxylation sites is 1. The summed E-state index contributed by atoms with van der Waals surface area (Å²) in [4.78, 5) is 24.1. The summed E-state index contributed by atoms with van der Waals surface area (Å²) in [6.45, 7) is 0. The fraction of sp³-hybridized carbons (Fsp3) is 0.652. The Bertz CT molecular complexity index is 817. The number of rotatable bonds is 2. The second-order valence-corrected chi connectivity index (χ2v) is 9.82. The Morgan fingerprint density at radius 2 is 1.60 bits per heavy atom. The number of nitrogens with one attached hydrogen (secondary N) is 2. The van der Waals surface area contributed by atoms with E-state index < -0.39 is 11.6 Å². The first-order valence-electron chi connectivity index (χ1n) is 11.4. The highest BCUT2D eigenvalue weighted by atomic mass is 17.3. The van der Waals surface area contributed by atoms with Crippen LogP contribution in [-0.4, -0.2) is 23.3 Å². The third-order valence-corrected chi connectivity index (χ3v) is 7.88. The van der Waals surface area contributed by atoms with Crippen LogP contribution < -0.4 is 10.7 Å². The molecule has 7 rings (SSSR count). The summed E-state index contributed by atoms with van der Waals surface area (Å²) < 4.78 is 6.71. The summed E-state index contributed by atoms with van der Waals surface area (Å²) in [6, 6.07) is 9.01. The van der Waals surface area contributed by atoms with Gasteiger partial charge >= 0.3 is 6.03 Å². The highest BCUT2D eigenvalue weighted by Crippen LogP contribution is 2.63. The minimum absolute atomic E-state index is 0.335. The first-order chi connectivity index (χ1) is 14.6. The van der Waals surface area contributed by atoms with Gasteiger partial charge in [0.1, 0.15) is 0 Å². The molecule has 1 heterocycles. The highest BCUT2D eigenvalue weighted by Gasteiger charge is 2.66. The summed E-state index contributed by atoms with van der Waals surface area (Å²) in [7, 11) is 0. The van der Waals surface area contributed by atoms with Gasteiger partial charge in [0.05, 0.1) is 0 Å². The fourth-order valence-electron chi connectivity index (χ4n) is 6.64. The zero-order valence-electron chi connectivity index (χ0n) is 17.1. The lowest BCUT2D eigenvalue weighted by molar-refractivity contribution is -0.389. The van der Waals surface area contributed by atoms with Gasteiger partial charge < -0.3 is 10.1 Å². The molecule has 7 nitrogen and oxygen atoms in total. The van der Waals surface area contributed by atoms with E-state index >= 15 is 0 Å². The number of ether oxygens (including phenoxy) is 1. The van der Waals surface area contributed by atoms with Crippen molar-refractivity contribution in [2.24, 2.45) is 28.8 Å². The van der Waals surface area contributed by atoms with Crippen molar-refractivity contribution in [1.82, 2.24) is 5.43 Å². The highest BCUT2D eigenvalue weighted by molar-refractivity contribution is 5.91. The van der Waals surface area contributed by atoms with Crippen molar-refractivity contribution in [3.8, 4) is 0 Å². The van der Waals surface area contributed by atoms with E-state index in [9.17, 15) is 4.79 Å². The van der Waals surface area contributed by atoms with Crippen molar-refractivity contribution in [3.05, 3.63) is 30.3 Å². The van der Waals surface area contributed by atoms with Gasteiger partial charge in [-0.2, -0.15) is 14.9 Å². The van der Waals surface area contributed by atoms with Gasteiger partial charge in [-0.3, -0.25) is 0 Å². The largest absolute Gasteiger partial charge is 0.339 e. The van der Waals surface area contributed by atoms with E-state index in [1.165, 1.54) is 32.1 Å². The van der Waals surface area contributed by atoms with Crippen LogP contribution in [-0.2, 0) is 14.5 Å². The summed E-state index contributed by atoms with van der Waals surface area (Å²) in [6.07, 6.45) is 9.17. The molecule has 5 saturated carbocycles. The molecule has 0 unspecified atom stereocenters. The van der Waals surface area contributed by atoms with Crippen molar-refractivity contribution in [3.63, 3.8) is 0 Å². The molecule has 1 aromatic carbocycles. The Balaban J connectivity index is 1.06. The number of hydrazone groups is 1. The minimum atomic E-state index is -0.652. The summed E-state index contributed by atoms with van der Waals surface area (Å²) >= 11 is 0. The molecular formula is C23H29N3O4. The van der Waals surface area contributed by atoms with Gasteiger partial charge in [-0.05, 0) is 68.9 Å². The molecule has 0 radical (unpaired) electrons.